The molecule has 15 heavy (non-hydrogen) atoms. The zero-order valence-corrected chi connectivity index (χ0v) is 13.9. The normalized spacial score (nSPS) is 12.4. The van der Waals surface area contributed by atoms with Crippen LogP contribution in [0, 0.1) is 0 Å². The molecule has 0 radical (unpaired) electrons. The molecule has 0 spiro atoms. The zero-order chi connectivity index (χ0) is 11.8. The van der Waals surface area contributed by atoms with Gasteiger partial charge < -0.3 is 4.12 Å². The van der Waals surface area contributed by atoms with Crippen molar-refractivity contribution in [1.29, 1.82) is 0 Å². The molecule has 1 nitrogen and oxygen atoms in total. The Hall–Kier alpha value is 0.394. The van der Waals surface area contributed by atoms with Crippen molar-refractivity contribution >= 4 is 18.1 Å². The summed E-state index contributed by atoms with van der Waals surface area (Å²) in [4.78, 5) is 0. The van der Waals surface area contributed by atoms with Crippen molar-refractivity contribution in [3.63, 3.8) is 0 Å². The Bertz CT molecular complexity index is 135. The van der Waals surface area contributed by atoms with Gasteiger partial charge in [0.1, 0.15) is 0 Å². The Morgan fingerprint density at radius 2 is 1.27 bits per heavy atom. The molecular weight excluding hydrogens is 216 g/mol. The monoisotopic (exact) mass is 246 g/mol. The number of hydrogen-bond donors (Lipinski definition) is 0. The van der Waals surface area contributed by atoms with Crippen LogP contribution in [0.1, 0.15) is 54.4 Å². The van der Waals surface area contributed by atoms with Crippen LogP contribution < -0.4 is 0 Å². The van der Waals surface area contributed by atoms with Crippen molar-refractivity contribution in [2.45, 2.75) is 77.6 Å². The van der Waals surface area contributed by atoms with Gasteiger partial charge in [0.2, 0.25) is 0 Å². The van der Waals surface area contributed by atoms with Gasteiger partial charge in [-0.1, -0.05) is 54.4 Å². The van der Waals surface area contributed by atoms with Gasteiger partial charge in [-0.15, -0.1) is 0 Å². The zero-order valence-electron chi connectivity index (χ0n) is 11.5. The van der Waals surface area contributed by atoms with Crippen LogP contribution in [0.3, 0.4) is 0 Å². The highest BCUT2D eigenvalue weighted by Crippen LogP contribution is 2.23. The second-order valence-corrected chi connectivity index (χ2v) is 12.4. The number of rotatable bonds is 8. The Labute approximate surface area is 100 Å². The summed E-state index contributed by atoms with van der Waals surface area (Å²) in [6.07, 6.45) is 2.63. The third-order valence-corrected chi connectivity index (χ3v) is 10.8. The molecule has 0 aliphatic rings. The largest absolute Gasteiger partial charge is 0.459 e. The van der Waals surface area contributed by atoms with Gasteiger partial charge in [0.15, 0.2) is 18.1 Å². The van der Waals surface area contributed by atoms with E-state index in [1.807, 2.05) is 0 Å². The van der Waals surface area contributed by atoms with Gasteiger partial charge in [-0.25, -0.2) is 0 Å². The van der Waals surface area contributed by atoms with E-state index < -0.39 is 18.1 Å². The minimum absolute atomic E-state index is 0.800. The lowest BCUT2D eigenvalue weighted by molar-refractivity contribution is 0.537. The summed E-state index contributed by atoms with van der Waals surface area (Å²) in [6, 6.07) is 2.77. The van der Waals surface area contributed by atoms with Gasteiger partial charge in [-0.05, 0) is 23.2 Å². The minimum Gasteiger partial charge on any atom is -0.459 e. The van der Waals surface area contributed by atoms with E-state index >= 15 is 0 Å². The topological polar surface area (TPSA) is 9.23 Å². The van der Waals surface area contributed by atoms with Crippen molar-refractivity contribution in [3.05, 3.63) is 0 Å². The molecule has 0 aromatic heterocycles. The fraction of sp³-hybridized carbons (Fsp3) is 1.00. The molecule has 0 aliphatic carbocycles. The summed E-state index contributed by atoms with van der Waals surface area (Å²) in [6.45, 7) is 14.0. The molecule has 0 bridgehead atoms. The van der Waals surface area contributed by atoms with Gasteiger partial charge in [-0.2, -0.15) is 0 Å². The predicted molar refractivity (Wildman–Crippen MR) is 75.8 cm³/mol. The van der Waals surface area contributed by atoms with E-state index in [-0.39, 0.29) is 0 Å². The minimum atomic E-state index is -0.940. The summed E-state index contributed by atoms with van der Waals surface area (Å²) in [5.41, 5.74) is 1.60. The van der Waals surface area contributed by atoms with Crippen LogP contribution in [0.4, 0.5) is 0 Å². The maximum absolute atomic E-state index is 6.53. The van der Waals surface area contributed by atoms with Crippen molar-refractivity contribution in [1.82, 2.24) is 0 Å². The lowest BCUT2D eigenvalue weighted by Crippen LogP contribution is -2.33. The van der Waals surface area contributed by atoms with E-state index in [0.717, 1.165) is 11.1 Å². The molecule has 0 amide bonds. The SMILES string of the molecule is CCC[SiH](CCC)O[SiH](C(C)C)C(C)C. The third-order valence-electron chi connectivity index (χ3n) is 2.89. The standard InChI is InChI=1S/C12H30OSi2/c1-7-9-14(10-8-2)13-15(11(3)4)12(5)6/h11-12,14-15H,7-10H2,1-6H3. The molecule has 0 aromatic rings. The van der Waals surface area contributed by atoms with E-state index in [9.17, 15) is 0 Å². The summed E-state index contributed by atoms with van der Waals surface area (Å²) >= 11 is 0. The van der Waals surface area contributed by atoms with E-state index in [4.69, 9.17) is 4.12 Å². The first kappa shape index (κ1) is 15.4. The van der Waals surface area contributed by atoms with Gasteiger partial charge >= 0.3 is 0 Å². The van der Waals surface area contributed by atoms with Crippen LogP contribution in [0.5, 0.6) is 0 Å². The Kier molecular flexibility index (Phi) is 8.76. The smallest absolute Gasteiger partial charge is 0.168 e. The highest BCUT2D eigenvalue weighted by atomic mass is 28.4. The van der Waals surface area contributed by atoms with Crippen molar-refractivity contribution in [2.24, 2.45) is 0 Å². The summed E-state index contributed by atoms with van der Waals surface area (Å²) in [5, 5.41) is 0. The number of hydrogen-bond acceptors (Lipinski definition) is 1. The highest BCUT2D eigenvalue weighted by molar-refractivity contribution is 6.67. The summed E-state index contributed by atoms with van der Waals surface area (Å²) < 4.78 is 6.53. The maximum Gasteiger partial charge on any atom is 0.168 e. The molecule has 0 aliphatic heterocycles. The van der Waals surface area contributed by atoms with Crippen LogP contribution in [0.25, 0.3) is 0 Å². The maximum atomic E-state index is 6.53. The fourth-order valence-electron chi connectivity index (χ4n) is 2.23. The second-order valence-electron chi connectivity index (χ2n) is 5.29. The first-order valence-corrected chi connectivity index (χ1v) is 10.6. The van der Waals surface area contributed by atoms with Gasteiger partial charge in [0.25, 0.3) is 0 Å². The van der Waals surface area contributed by atoms with Crippen LogP contribution in [0.2, 0.25) is 23.2 Å². The van der Waals surface area contributed by atoms with E-state index in [1.54, 1.807) is 0 Å². The first-order valence-electron chi connectivity index (χ1n) is 6.68. The fourth-order valence-corrected chi connectivity index (χ4v) is 10.7. The predicted octanol–water partition coefficient (Wildman–Crippen LogP) is 4.09. The first-order chi connectivity index (χ1) is 7.02. The molecule has 0 heterocycles. The molecule has 0 saturated heterocycles. The molecule has 0 saturated carbocycles. The molecule has 0 fully saturated rings. The van der Waals surface area contributed by atoms with Gasteiger partial charge in [0.05, 0.1) is 0 Å². The highest BCUT2D eigenvalue weighted by Gasteiger charge is 2.24. The average Bonchev–Trinajstić information content (AvgIpc) is 2.13. The van der Waals surface area contributed by atoms with E-state index in [1.165, 1.54) is 24.9 Å². The Morgan fingerprint density at radius 3 is 1.53 bits per heavy atom. The quantitative estimate of drug-likeness (QED) is 0.586. The van der Waals surface area contributed by atoms with Crippen LogP contribution in [0.15, 0.2) is 0 Å². The van der Waals surface area contributed by atoms with Gasteiger partial charge in [0, 0.05) is 0 Å². The Balaban J connectivity index is 4.19. The molecule has 0 rings (SSSR count). The lowest BCUT2D eigenvalue weighted by atomic mass is 10.5. The third kappa shape index (κ3) is 6.53. The molecule has 0 N–H and O–H groups in total. The van der Waals surface area contributed by atoms with Gasteiger partial charge in [-0.3, -0.25) is 0 Å². The van der Waals surface area contributed by atoms with E-state index in [2.05, 4.69) is 41.5 Å². The molecule has 0 aromatic carbocycles. The van der Waals surface area contributed by atoms with Crippen molar-refractivity contribution in [3.8, 4) is 0 Å². The van der Waals surface area contributed by atoms with Crippen molar-refractivity contribution in [2.75, 3.05) is 0 Å². The molecular formula is C12H30OSi2. The molecule has 92 valence electrons. The Morgan fingerprint density at radius 1 is 0.867 bits per heavy atom. The van der Waals surface area contributed by atoms with Crippen LogP contribution in [-0.4, -0.2) is 18.1 Å². The lowest BCUT2D eigenvalue weighted by Gasteiger charge is -2.28. The summed E-state index contributed by atoms with van der Waals surface area (Å²) in [7, 11) is -1.78. The summed E-state index contributed by atoms with van der Waals surface area (Å²) in [5.74, 6) is 0. The average molecular weight is 247 g/mol. The van der Waals surface area contributed by atoms with E-state index in [0.29, 0.717) is 0 Å². The molecule has 0 unspecified atom stereocenters. The molecule has 0 atom stereocenters. The van der Waals surface area contributed by atoms with Crippen LogP contribution >= 0.6 is 0 Å². The van der Waals surface area contributed by atoms with Crippen LogP contribution in [-0.2, 0) is 4.12 Å². The van der Waals surface area contributed by atoms with Crippen molar-refractivity contribution < 1.29 is 4.12 Å². The second kappa shape index (κ2) is 8.53. The molecule has 3 heteroatoms.